The highest BCUT2D eigenvalue weighted by Gasteiger charge is 2.51. The first-order chi connectivity index (χ1) is 10.6. The highest BCUT2D eigenvalue weighted by Crippen LogP contribution is 2.54. The standard InChI is InChI=1S/C13H15ClN4O3S/c1-2-21-8-4-3-7(18(19)20)12-16(8)5-6-17(12)10-9-11(10)22-13(14)15-9/h8,10H,2-6H2,1H3. The lowest BCUT2D eigenvalue weighted by molar-refractivity contribution is -0.433. The molecule has 9 heteroatoms. The van der Waals surface area contributed by atoms with E-state index >= 15 is 0 Å². The van der Waals surface area contributed by atoms with E-state index in [4.69, 9.17) is 16.3 Å². The van der Waals surface area contributed by atoms with Crippen molar-refractivity contribution >= 4 is 22.9 Å². The van der Waals surface area contributed by atoms with Crippen LogP contribution in [0.1, 0.15) is 36.4 Å². The Labute approximate surface area is 136 Å². The van der Waals surface area contributed by atoms with Gasteiger partial charge >= 0.3 is 0 Å². The Bertz CT molecular complexity index is 655. The van der Waals surface area contributed by atoms with Crippen molar-refractivity contribution in [2.24, 2.45) is 0 Å². The second-order valence-corrected chi connectivity index (χ2v) is 7.09. The van der Waals surface area contributed by atoms with Crippen LogP contribution in [0.25, 0.3) is 0 Å². The topological polar surface area (TPSA) is 71.7 Å². The highest BCUT2D eigenvalue weighted by atomic mass is 35.5. The summed E-state index contributed by atoms with van der Waals surface area (Å²) in [5.74, 6) is 0.709. The molecule has 0 aromatic carbocycles. The summed E-state index contributed by atoms with van der Waals surface area (Å²) < 4.78 is 6.30. The zero-order valence-electron chi connectivity index (χ0n) is 12.0. The Morgan fingerprint density at radius 1 is 1.50 bits per heavy atom. The van der Waals surface area contributed by atoms with Crippen LogP contribution in [0.3, 0.4) is 0 Å². The Hall–Kier alpha value is -1.38. The van der Waals surface area contributed by atoms with Crippen molar-refractivity contribution in [1.29, 1.82) is 0 Å². The van der Waals surface area contributed by atoms with Crippen molar-refractivity contribution in [2.45, 2.75) is 32.0 Å². The van der Waals surface area contributed by atoms with Gasteiger partial charge in [-0.25, -0.2) is 4.98 Å². The molecule has 7 nitrogen and oxygen atoms in total. The number of hydrogen-bond acceptors (Lipinski definition) is 7. The number of aromatic nitrogens is 1. The van der Waals surface area contributed by atoms with Crippen LogP contribution >= 0.6 is 22.9 Å². The second kappa shape index (κ2) is 5.07. The molecule has 2 aliphatic heterocycles. The van der Waals surface area contributed by atoms with Gasteiger partial charge in [0.1, 0.15) is 12.3 Å². The summed E-state index contributed by atoms with van der Waals surface area (Å²) in [5.41, 5.74) is 1.25. The van der Waals surface area contributed by atoms with Crippen LogP contribution in [-0.2, 0) is 4.74 Å². The number of nitrogens with zero attached hydrogens (tertiary/aromatic N) is 4. The number of thiazole rings is 1. The normalized spacial score (nSPS) is 26.3. The SMILES string of the molecule is CCOC1CCC([N+](=O)[O-])=C2N1CCN2C1c2nc(Cl)sc21. The van der Waals surface area contributed by atoms with E-state index in [1.54, 1.807) is 0 Å². The van der Waals surface area contributed by atoms with Gasteiger partial charge in [-0.1, -0.05) is 11.6 Å². The molecule has 22 heavy (non-hydrogen) atoms. The summed E-state index contributed by atoms with van der Waals surface area (Å²) in [6, 6.07) is 0.0721. The molecule has 118 valence electrons. The molecule has 3 heterocycles. The first kappa shape index (κ1) is 14.2. The third kappa shape index (κ3) is 2.01. The molecule has 1 fully saturated rings. The molecule has 1 aromatic rings. The van der Waals surface area contributed by atoms with Gasteiger partial charge in [-0.15, -0.1) is 11.3 Å². The van der Waals surface area contributed by atoms with E-state index in [9.17, 15) is 10.1 Å². The van der Waals surface area contributed by atoms with E-state index in [0.29, 0.717) is 35.4 Å². The Kier molecular flexibility index (Phi) is 3.28. The van der Waals surface area contributed by atoms with Crippen molar-refractivity contribution in [1.82, 2.24) is 14.8 Å². The third-order valence-corrected chi connectivity index (χ3v) is 5.56. The van der Waals surface area contributed by atoms with Gasteiger partial charge in [0.05, 0.1) is 15.5 Å². The Morgan fingerprint density at radius 2 is 2.27 bits per heavy atom. The molecule has 0 N–H and O–H groups in total. The lowest BCUT2D eigenvalue weighted by atomic mass is 10.1. The molecule has 0 bridgehead atoms. The van der Waals surface area contributed by atoms with Gasteiger partial charge in [0.15, 0.2) is 10.3 Å². The smallest absolute Gasteiger partial charge is 0.286 e. The number of fused-ring (bicyclic) bond motifs is 2. The van der Waals surface area contributed by atoms with E-state index in [-0.39, 0.29) is 17.2 Å². The molecule has 0 saturated carbocycles. The van der Waals surface area contributed by atoms with Gasteiger partial charge in [0.25, 0.3) is 5.70 Å². The largest absolute Gasteiger partial charge is 0.359 e. The van der Waals surface area contributed by atoms with Crippen LogP contribution in [0, 0.1) is 10.1 Å². The Morgan fingerprint density at radius 3 is 2.91 bits per heavy atom. The van der Waals surface area contributed by atoms with E-state index in [1.165, 1.54) is 11.3 Å². The van der Waals surface area contributed by atoms with Gasteiger partial charge in [0.2, 0.25) is 0 Å². The van der Waals surface area contributed by atoms with Crippen LogP contribution in [0.2, 0.25) is 4.47 Å². The number of nitro groups is 1. The predicted octanol–water partition coefficient (Wildman–Crippen LogP) is 2.42. The van der Waals surface area contributed by atoms with Gasteiger partial charge in [0, 0.05) is 32.5 Å². The van der Waals surface area contributed by atoms with Crippen LogP contribution < -0.4 is 0 Å². The van der Waals surface area contributed by atoms with Crippen LogP contribution in [0.4, 0.5) is 0 Å². The van der Waals surface area contributed by atoms with Gasteiger partial charge < -0.3 is 14.5 Å². The van der Waals surface area contributed by atoms with Crippen molar-refractivity contribution in [2.75, 3.05) is 19.7 Å². The average molecular weight is 343 g/mol. The van der Waals surface area contributed by atoms with Crippen molar-refractivity contribution in [3.05, 3.63) is 36.7 Å². The van der Waals surface area contributed by atoms with Crippen molar-refractivity contribution < 1.29 is 9.66 Å². The fourth-order valence-corrected chi connectivity index (χ4v) is 4.64. The van der Waals surface area contributed by atoms with Crippen LogP contribution in [0.15, 0.2) is 11.5 Å². The van der Waals surface area contributed by atoms with Crippen molar-refractivity contribution in [3.8, 4) is 0 Å². The van der Waals surface area contributed by atoms with E-state index < -0.39 is 0 Å². The molecule has 3 aliphatic rings. The maximum Gasteiger partial charge on any atom is 0.286 e. The highest BCUT2D eigenvalue weighted by molar-refractivity contribution is 7.16. The maximum atomic E-state index is 11.4. The molecule has 1 saturated heterocycles. The first-order valence-corrected chi connectivity index (χ1v) is 8.49. The van der Waals surface area contributed by atoms with Crippen molar-refractivity contribution in [3.63, 3.8) is 0 Å². The minimum atomic E-state index is -0.250. The number of hydrogen-bond donors (Lipinski definition) is 0. The van der Waals surface area contributed by atoms with E-state index in [0.717, 1.165) is 23.7 Å². The molecule has 1 aromatic heterocycles. The lowest BCUT2D eigenvalue weighted by Gasteiger charge is -2.34. The van der Waals surface area contributed by atoms with Crippen LogP contribution in [0.5, 0.6) is 0 Å². The fourth-order valence-electron chi connectivity index (χ4n) is 3.42. The van der Waals surface area contributed by atoms with E-state index in [2.05, 4.69) is 9.88 Å². The summed E-state index contributed by atoms with van der Waals surface area (Å²) in [4.78, 5) is 20.7. The summed E-state index contributed by atoms with van der Waals surface area (Å²) >= 11 is 7.35. The third-order valence-electron chi connectivity index (χ3n) is 4.33. The lowest BCUT2D eigenvalue weighted by Crippen LogP contribution is -2.40. The maximum absolute atomic E-state index is 11.4. The zero-order chi connectivity index (χ0) is 15.4. The molecule has 2 atom stereocenters. The second-order valence-electron chi connectivity index (χ2n) is 5.48. The zero-order valence-corrected chi connectivity index (χ0v) is 13.6. The Balaban J connectivity index is 1.67. The van der Waals surface area contributed by atoms with Gasteiger partial charge in [-0.3, -0.25) is 10.1 Å². The predicted molar refractivity (Wildman–Crippen MR) is 81.0 cm³/mol. The van der Waals surface area contributed by atoms with E-state index in [1.807, 2.05) is 11.8 Å². The number of halogens is 1. The molecule has 0 radical (unpaired) electrons. The first-order valence-electron chi connectivity index (χ1n) is 7.30. The number of rotatable bonds is 4. The molecular weight excluding hydrogens is 328 g/mol. The number of ether oxygens (including phenoxy) is 1. The summed E-state index contributed by atoms with van der Waals surface area (Å²) in [5, 5.41) is 11.4. The average Bonchev–Trinajstić information content (AvgIpc) is 2.87. The quantitative estimate of drug-likeness (QED) is 0.618. The molecule has 1 aliphatic carbocycles. The summed E-state index contributed by atoms with van der Waals surface area (Å²) in [7, 11) is 0. The fraction of sp³-hybridized carbons (Fsp3) is 0.615. The summed E-state index contributed by atoms with van der Waals surface area (Å²) in [6.07, 6.45) is 1.04. The minimum absolute atomic E-state index is 0.0676. The van der Waals surface area contributed by atoms with Crippen LogP contribution in [-0.4, -0.2) is 45.6 Å². The number of allylic oxidation sites excluding steroid dienone is 1. The minimum Gasteiger partial charge on any atom is -0.359 e. The molecular formula is C13H15ClN4O3S. The molecule has 4 rings (SSSR count). The molecule has 0 spiro atoms. The van der Waals surface area contributed by atoms with Gasteiger partial charge in [-0.2, -0.15) is 0 Å². The van der Waals surface area contributed by atoms with Gasteiger partial charge in [-0.05, 0) is 6.92 Å². The summed E-state index contributed by atoms with van der Waals surface area (Å²) in [6.45, 7) is 4.05. The molecule has 2 unspecified atom stereocenters. The monoisotopic (exact) mass is 342 g/mol. The molecule has 0 amide bonds.